The smallest absolute Gasteiger partial charge is 0.142 e. The number of aldehydes is 1. The molecular weight excluding hydrogens is 100 g/mol. The summed E-state index contributed by atoms with van der Waals surface area (Å²) < 4.78 is 6.89. The average Bonchev–Trinajstić information content (AvgIpc) is 1.89. The highest BCUT2D eigenvalue weighted by Gasteiger charge is 1.74. The molecule has 0 bridgehead atoms. The van der Waals surface area contributed by atoms with Gasteiger partial charge in [-0.1, -0.05) is 25.8 Å². The van der Waals surface area contributed by atoms with Crippen molar-refractivity contribution in [1.82, 2.24) is 0 Å². The molecule has 0 aromatic rings. The molecule has 0 aromatic heterocycles. The molecule has 0 spiro atoms. The quantitative estimate of drug-likeness (QED) is 0.309. The van der Waals surface area contributed by atoms with Crippen molar-refractivity contribution in [2.75, 3.05) is 0 Å². The van der Waals surface area contributed by atoms with Crippen LogP contribution in [0.3, 0.4) is 0 Å². The molecule has 0 atom stereocenters. The molecule has 46 valence electrons. The Balaban J connectivity index is 3.31. The summed E-state index contributed by atoms with van der Waals surface area (Å²) in [5, 5.41) is 0. The largest absolute Gasteiger partial charge is 0.299 e. The van der Waals surface area contributed by atoms with E-state index in [9.17, 15) is 4.79 Å². The fraction of sp³-hybridized carbons (Fsp3) is 0.571. The normalized spacial score (nSPS) is 13.1. The summed E-state index contributed by atoms with van der Waals surface area (Å²) >= 11 is 0. The summed E-state index contributed by atoms with van der Waals surface area (Å²) in [5.74, 6) is 0. The van der Waals surface area contributed by atoms with Gasteiger partial charge in [0.2, 0.25) is 0 Å². The van der Waals surface area contributed by atoms with Crippen LogP contribution in [0.15, 0.2) is 12.1 Å². The Hall–Kier alpha value is -0.590. The second-order valence-electron chi connectivity index (χ2n) is 1.63. The zero-order chi connectivity index (χ0) is 7.11. The molecule has 1 nitrogen and oxygen atoms in total. The van der Waals surface area contributed by atoms with E-state index in [4.69, 9.17) is 1.37 Å². The second-order valence-corrected chi connectivity index (χ2v) is 1.63. The van der Waals surface area contributed by atoms with Gasteiger partial charge in [0.1, 0.15) is 6.29 Å². The summed E-state index contributed by atoms with van der Waals surface area (Å²) in [6.45, 7) is 2.08. The van der Waals surface area contributed by atoms with Crippen molar-refractivity contribution in [2.45, 2.75) is 26.2 Å². The van der Waals surface area contributed by atoms with Gasteiger partial charge in [0.05, 0.1) is 1.37 Å². The summed E-state index contributed by atoms with van der Waals surface area (Å²) in [6, 6.07) is 0.100. The average molecular weight is 113 g/mol. The zero-order valence-electron chi connectivity index (χ0n) is 6.18. The molecule has 0 unspecified atom stereocenters. The molecule has 0 amide bonds. The Labute approximate surface area is 51.8 Å². The summed E-state index contributed by atoms with van der Waals surface area (Å²) in [5.41, 5.74) is 0. The van der Waals surface area contributed by atoms with Crippen molar-refractivity contribution in [2.24, 2.45) is 0 Å². The first kappa shape index (κ1) is 5.54. The molecule has 0 aliphatic heterocycles. The van der Waals surface area contributed by atoms with Gasteiger partial charge in [-0.25, -0.2) is 0 Å². The second kappa shape index (κ2) is 6.41. The molecule has 0 radical (unpaired) electrons. The molecule has 8 heavy (non-hydrogen) atoms. The number of hydrogen-bond donors (Lipinski definition) is 0. The Kier molecular flexibility index (Phi) is 4.44. The van der Waals surface area contributed by atoms with E-state index < -0.39 is 0 Å². The number of hydrogen-bond acceptors (Lipinski definition) is 1. The lowest BCUT2D eigenvalue weighted by Gasteiger charge is -1.83. The van der Waals surface area contributed by atoms with Gasteiger partial charge < -0.3 is 0 Å². The van der Waals surface area contributed by atoms with Crippen LogP contribution in [-0.2, 0) is 4.79 Å². The molecule has 0 fully saturated rings. The molecule has 0 saturated heterocycles. The highest BCUT2D eigenvalue weighted by atomic mass is 16.1. The van der Waals surface area contributed by atoms with Crippen LogP contribution >= 0.6 is 0 Å². The first-order valence-electron chi connectivity index (χ1n) is 3.43. The van der Waals surface area contributed by atoms with Crippen LogP contribution in [0.1, 0.15) is 27.6 Å². The van der Waals surface area contributed by atoms with Gasteiger partial charge in [-0.3, -0.25) is 4.79 Å². The van der Waals surface area contributed by atoms with E-state index in [1.54, 1.807) is 6.08 Å². The van der Waals surface area contributed by atoms with Gasteiger partial charge in [0.25, 0.3) is 0 Å². The number of carbonyl (C=O) groups is 1. The summed E-state index contributed by atoms with van der Waals surface area (Å²) in [4.78, 5) is 9.84. The minimum absolute atomic E-state index is 0.100. The highest BCUT2D eigenvalue weighted by molar-refractivity contribution is 5.64. The van der Waals surface area contributed by atoms with Crippen molar-refractivity contribution in [3.05, 3.63) is 12.1 Å². The molecular formula is C7H12O. The Morgan fingerprint density at radius 1 is 1.75 bits per heavy atom. The van der Waals surface area contributed by atoms with Crippen molar-refractivity contribution < 1.29 is 6.17 Å². The molecule has 0 N–H and O–H groups in total. The van der Waals surface area contributed by atoms with E-state index in [-0.39, 0.29) is 6.05 Å². The molecule has 0 aromatic carbocycles. The standard InChI is InChI=1S/C7H12O/c1-2-3-4-5-6-7-8/h5-7H,2-4H2,1H3/b6-5+/i6D. The van der Waals surface area contributed by atoms with Gasteiger partial charge in [-0.2, -0.15) is 0 Å². The highest BCUT2D eigenvalue weighted by Crippen LogP contribution is 1.93. The van der Waals surface area contributed by atoms with Gasteiger partial charge in [-0.05, 0) is 12.5 Å². The minimum atomic E-state index is 0.100. The van der Waals surface area contributed by atoms with E-state index in [2.05, 4.69) is 6.92 Å². The maximum atomic E-state index is 9.84. The Morgan fingerprint density at radius 2 is 2.50 bits per heavy atom. The lowest BCUT2D eigenvalue weighted by molar-refractivity contribution is -0.104. The lowest BCUT2D eigenvalue weighted by Crippen LogP contribution is -1.66. The van der Waals surface area contributed by atoms with Crippen LogP contribution in [0.4, 0.5) is 0 Å². The molecule has 0 rings (SSSR count). The maximum absolute atomic E-state index is 9.84. The Morgan fingerprint density at radius 3 is 3.00 bits per heavy atom. The van der Waals surface area contributed by atoms with Crippen molar-refractivity contribution in [3.8, 4) is 0 Å². The SMILES string of the molecule is [2H]/C(C=O)=C\CCCC. The predicted molar refractivity (Wildman–Crippen MR) is 34.7 cm³/mol. The van der Waals surface area contributed by atoms with Gasteiger partial charge in [0.15, 0.2) is 0 Å². The predicted octanol–water partition coefficient (Wildman–Crippen LogP) is 1.93. The van der Waals surface area contributed by atoms with Gasteiger partial charge in [-0.15, -0.1) is 0 Å². The maximum Gasteiger partial charge on any atom is 0.142 e. The number of rotatable bonds is 4. The van der Waals surface area contributed by atoms with Crippen LogP contribution in [0.2, 0.25) is 0 Å². The Bertz CT molecular complexity index is 107. The molecule has 0 saturated carbocycles. The summed E-state index contributed by atoms with van der Waals surface area (Å²) in [6.07, 6.45) is 5.25. The minimum Gasteiger partial charge on any atom is -0.299 e. The third-order valence-corrected chi connectivity index (χ3v) is 0.888. The van der Waals surface area contributed by atoms with Crippen LogP contribution in [0, 0.1) is 0 Å². The van der Waals surface area contributed by atoms with Gasteiger partial charge >= 0.3 is 0 Å². The molecule has 0 aliphatic rings. The van der Waals surface area contributed by atoms with Crippen LogP contribution in [0.5, 0.6) is 0 Å². The number of allylic oxidation sites excluding steroid dienone is 2. The van der Waals surface area contributed by atoms with E-state index in [0.717, 1.165) is 19.3 Å². The van der Waals surface area contributed by atoms with Crippen molar-refractivity contribution in [3.63, 3.8) is 0 Å². The first-order chi connectivity index (χ1) is 4.31. The van der Waals surface area contributed by atoms with E-state index in [1.807, 2.05) is 0 Å². The third kappa shape index (κ3) is 5.41. The monoisotopic (exact) mass is 113 g/mol. The molecule has 0 heterocycles. The first-order valence-corrected chi connectivity index (χ1v) is 2.93. The van der Waals surface area contributed by atoms with Crippen LogP contribution in [-0.4, -0.2) is 6.29 Å². The lowest BCUT2D eigenvalue weighted by atomic mass is 10.2. The van der Waals surface area contributed by atoms with Crippen LogP contribution < -0.4 is 0 Å². The number of carbonyl (C=O) groups excluding carboxylic acids is 1. The topological polar surface area (TPSA) is 17.1 Å². The van der Waals surface area contributed by atoms with E-state index in [1.165, 1.54) is 0 Å². The molecule has 1 heteroatoms. The van der Waals surface area contributed by atoms with Gasteiger partial charge in [0, 0.05) is 0 Å². The fourth-order valence-corrected chi connectivity index (χ4v) is 0.438. The summed E-state index contributed by atoms with van der Waals surface area (Å²) in [7, 11) is 0. The fourth-order valence-electron chi connectivity index (χ4n) is 0.438. The molecule has 0 aliphatic carbocycles. The van der Waals surface area contributed by atoms with Crippen LogP contribution in [0.25, 0.3) is 0 Å². The zero-order valence-corrected chi connectivity index (χ0v) is 5.18. The van der Waals surface area contributed by atoms with Crippen molar-refractivity contribution >= 4 is 6.29 Å². The third-order valence-electron chi connectivity index (χ3n) is 0.888. The van der Waals surface area contributed by atoms with E-state index >= 15 is 0 Å². The van der Waals surface area contributed by atoms with Crippen molar-refractivity contribution in [1.29, 1.82) is 0 Å². The van der Waals surface area contributed by atoms with E-state index in [0.29, 0.717) is 6.29 Å². The number of unbranched alkanes of at least 4 members (excludes halogenated alkanes) is 2.